The van der Waals surface area contributed by atoms with Gasteiger partial charge < -0.3 is 14.0 Å². The van der Waals surface area contributed by atoms with Crippen molar-refractivity contribution in [1.29, 1.82) is 0 Å². The van der Waals surface area contributed by atoms with Crippen LogP contribution in [0.15, 0.2) is 59.4 Å². The number of benzene rings is 2. The molecular weight excluding hydrogens is 394 g/mol. The highest BCUT2D eigenvalue weighted by molar-refractivity contribution is 6.09. The molecule has 2 aromatic heterocycles. The third-order valence-electron chi connectivity index (χ3n) is 5.52. The minimum absolute atomic E-state index is 0.144. The van der Waals surface area contributed by atoms with Crippen molar-refractivity contribution in [3.8, 4) is 22.8 Å². The number of hydrogen-bond donors (Lipinski definition) is 0. The Hall–Kier alpha value is -3.87. The molecule has 4 rings (SSSR count). The predicted molar refractivity (Wildman–Crippen MR) is 119 cm³/mol. The number of para-hydroxylation sites is 1. The number of carbonyl (C=O) groups excluding carboxylic acids is 1. The first-order chi connectivity index (χ1) is 14.9. The van der Waals surface area contributed by atoms with Gasteiger partial charge in [-0.3, -0.25) is 9.59 Å². The number of ether oxygens (including phenoxy) is 2. The molecule has 4 aromatic rings. The van der Waals surface area contributed by atoms with Crippen LogP contribution in [-0.4, -0.2) is 34.4 Å². The minimum Gasteiger partial charge on any atom is -0.493 e. The molecule has 0 radical (unpaired) electrons. The molecule has 2 heterocycles. The maximum atomic E-state index is 13.2. The van der Waals surface area contributed by atoms with Gasteiger partial charge in [-0.1, -0.05) is 18.2 Å². The number of aromatic nitrogens is 3. The van der Waals surface area contributed by atoms with E-state index >= 15 is 0 Å². The van der Waals surface area contributed by atoms with E-state index in [1.807, 2.05) is 48.9 Å². The lowest BCUT2D eigenvalue weighted by molar-refractivity contribution is 0.0966. The van der Waals surface area contributed by atoms with Gasteiger partial charge in [0.2, 0.25) is 0 Å². The van der Waals surface area contributed by atoms with Gasteiger partial charge in [-0.25, -0.2) is 4.68 Å². The molecule has 0 unspecified atom stereocenters. The van der Waals surface area contributed by atoms with Gasteiger partial charge in [0, 0.05) is 40.8 Å². The summed E-state index contributed by atoms with van der Waals surface area (Å²) < 4.78 is 13.8. The Labute approximate surface area is 179 Å². The van der Waals surface area contributed by atoms with E-state index in [9.17, 15) is 9.59 Å². The van der Waals surface area contributed by atoms with Crippen molar-refractivity contribution >= 4 is 16.7 Å². The Balaban J connectivity index is 1.72. The molecule has 158 valence electrons. The average molecular weight is 417 g/mol. The number of methoxy groups -OCH3 is 2. The van der Waals surface area contributed by atoms with Crippen LogP contribution in [0.1, 0.15) is 16.1 Å². The average Bonchev–Trinajstić information content (AvgIpc) is 3.05. The van der Waals surface area contributed by atoms with Crippen LogP contribution in [-0.2, 0) is 13.6 Å². The number of fused-ring (bicyclic) bond motifs is 1. The van der Waals surface area contributed by atoms with E-state index in [1.165, 1.54) is 10.7 Å². The number of aryl methyl sites for hydroxylation is 1. The zero-order valence-electron chi connectivity index (χ0n) is 17.9. The van der Waals surface area contributed by atoms with Crippen molar-refractivity contribution in [3.63, 3.8) is 0 Å². The molecule has 0 amide bonds. The fraction of sp³-hybridized carbons (Fsp3) is 0.208. The summed E-state index contributed by atoms with van der Waals surface area (Å²) in [5, 5.41) is 5.31. The first-order valence-electron chi connectivity index (χ1n) is 9.82. The number of Topliss-reactive ketones (excluding diaryl/α,β-unsaturated/α-hetero) is 1. The van der Waals surface area contributed by atoms with Crippen molar-refractivity contribution in [2.24, 2.45) is 7.05 Å². The van der Waals surface area contributed by atoms with E-state index in [0.717, 1.165) is 22.2 Å². The molecule has 0 aliphatic heterocycles. The molecule has 0 saturated heterocycles. The molecule has 0 bridgehead atoms. The summed E-state index contributed by atoms with van der Waals surface area (Å²) in [6, 6.07) is 16.2. The zero-order valence-corrected chi connectivity index (χ0v) is 17.9. The third kappa shape index (κ3) is 3.59. The number of ketones is 1. The largest absolute Gasteiger partial charge is 0.493 e. The molecule has 2 aromatic carbocycles. The summed E-state index contributed by atoms with van der Waals surface area (Å²) in [6.45, 7) is 1.76. The molecule has 0 atom stereocenters. The van der Waals surface area contributed by atoms with Gasteiger partial charge in [0.1, 0.15) is 6.54 Å². The number of hydrogen-bond acceptors (Lipinski definition) is 5. The molecule has 0 spiro atoms. The molecule has 0 aliphatic rings. The van der Waals surface area contributed by atoms with Crippen LogP contribution in [0, 0.1) is 6.92 Å². The van der Waals surface area contributed by atoms with Crippen LogP contribution in [0.3, 0.4) is 0 Å². The van der Waals surface area contributed by atoms with E-state index in [1.54, 1.807) is 32.4 Å². The molecule has 31 heavy (non-hydrogen) atoms. The van der Waals surface area contributed by atoms with Crippen molar-refractivity contribution in [3.05, 3.63) is 76.2 Å². The van der Waals surface area contributed by atoms with E-state index in [2.05, 4.69) is 5.10 Å². The summed E-state index contributed by atoms with van der Waals surface area (Å²) in [4.78, 5) is 25.6. The van der Waals surface area contributed by atoms with Crippen LogP contribution >= 0.6 is 0 Å². The molecule has 7 heteroatoms. The molecule has 0 aliphatic carbocycles. The maximum Gasteiger partial charge on any atom is 0.267 e. The lowest BCUT2D eigenvalue weighted by atomic mass is 10.1. The van der Waals surface area contributed by atoms with Gasteiger partial charge in [-0.15, -0.1) is 0 Å². The lowest BCUT2D eigenvalue weighted by Crippen LogP contribution is -2.26. The summed E-state index contributed by atoms with van der Waals surface area (Å²) >= 11 is 0. The van der Waals surface area contributed by atoms with Gasteiger partial charge in [-0.2, -0.15) is 5.10 Å². The van der Waals surface area contributed by atoms with Crippen molar-refractivity contribution in [2.75, 3.05) is 14.2 Å². The molecule has 0 saturated carbocycles. The van der Waals surface area contributed by atoms with Crippen molar-refractivity contribution in [2.45, 2.75) is 13.5 Å². The third-order valence-corrected chi connectivity index (χ3v) is 5.52. The Kier molecular flexibility index (Phi) is 5.33. The van der Waals surface area contributed by atoms with Crippen LogP contribution in [0.5, 0.6) is 11.5 Å². The van der Waals surface area contributed by atoms with E-state index in [-0.39, 0.29) is 17.9 Å². The molecule has 0 fully saturated rings. The van der Waals surface area contributed by atoms with Gasteiger partial charge >= 0.3 is 0 Å². The van der Waals surface area contributed by atoms with Gasteiger partial charge in [0.25, 0.3) is 5.56 Å². The second-order valence-electron chi connectivity index (χ2n) is 7.24. The first kappa shape index (κ1) is 20.4. The lowest BCUT2D eigenvalue weighted by Gasteiger charge is -2.10. The summed E-state index contributed by atoms with van der Waals surface area (Å²) in [5.41, 5.74) is 3.42. The fourth-order valence-electron chi connectivity index (χ4n) is 3.80. The second kappa shape index (κ2) is 8.10. The van der Waals surface area contributed by atoms with E-state index < -0.39 is 0 Å². The Morgan fingerprint density at radius 3 is 2.48 bits per heavy atom. The van der Waals surface area contributed by atoms with Crippen LogP contribution in [0.25, 0.3) is 22.2 Å². The van der Waals surface area contributed by atoms with E-state index in [0.29, 0.717) is 22.8 Å². The van der Waals surface area contributed by atoms with Crippen molar-refractivity contribution in [1.82, 2.24) is 14.3 Å². The standard InChI is InChI=1S/C24H23N3O4/c1-15-24(17-7-5-6-8-19(17)26(15)2)20(28)14-27-23(29)12-10-18(25-27)16-9-11-21(30-3)22(13-16)31-4/h5-13H,14H2,1-4H3. The Bertz CT molecular complexity index is 1350. The molecular formula is C24H23N3O4. The fourth-order valence-corrected chi connectivity index (χ4v) is 3.80. The SMILES string of the molecule is COc1ccc(-c2ccc(=O)n(CC(=O)c3c(C)n(C)c4ccccc34)n2)cc1OC. The molecule has 7 nitrogen and oxygen atoms in total. The van der Waals surface area contributed by atoms with Crippen LogP contribution in [0.4, 0.5) is 0 Å². The van der Waals surface area contributed by atoms with Crippen LogP contribution in [0.2, 0.25) is 0 Å². The number of nitrogens with zero attached hydrogens (tertiary/aromatic N) is 3. The predicted octanol–water partition coefficient (Wildman–Crippen LogP) is 3.61. The second-order valence-corrected chi connectivity index (χ2v) is 7.24. The first-order valence-corrected chi connectivity index (χ1v) is 9.82. The smallest absolute Gasteiger partial charge is 0.267 e. The van der Waals surface area contributed by atoms with Gasteiger partial charge in [-0.05, 0) is 37.3 Å². The normalized spacial score (nSPS) is 11.0. The monoisotopic (exact) mass is 417 g/mol. The number of rotatable bonds is 6. The minimum atomic E-state index is -0.338. The van der Waals surface area contributed by atoms with Crippen LogP contribution < -0.4 is 15.0 Å². The highest BCUT2D eigenvalue weighted by Gasteiger charge is 2.19. The Morgan fingerprint density at radius 1 is 1.00 bits per heavy atom. The van der Waals surface area contributed by atoms with E-state index in [4.69, 9.17) is 9.47 Å². The maximum absolute atomic E-state index is 13.2. The summed E-state index contributed by atoms with van der Waals surface area (Å²) in [6.07, 6.45) is 0. The van der Waals surface area contributed by atoms with Gasteiger partial charge in [0.05, 0.1) is 19.9 Å². The molecule has 0 N–H and O–H groups in total. The van der Waals surface area contributed by atoms with Gasteiger partial charge in [0.15, 0.2) is 17.3 Å². The van der Waals surface area contributed by atoms with Crippen molar-refractivity contribution < 1.29 is 14.3 Å². The summed E-state index contributed by atoms with van der Waals surface area (Å²) in [7, 11) is 5.05. The highest BCUT2D eigenvalue weighted by Crippen LogP contribution is 2.31. The Morgan fingerprint density at radius 2 is 1.74 bits per heavy atom. The zero-order chi connectivity index (χ0) is 22.1. The summed E-state index contributed by atoms with van der Waals surface area (Å²) in [5.74, 6) is 0.997. The topological polar surface area (TPSA) is 75.4 Å². The number of carbonyl (C=O) groups is 1. The quantitative estimate of drug-likeness (QED) is 0.448. The highest BCUT2D eigenvalue weighted by atomic mass is 16.5.